The van der Waals surface area contributed by atoms with Gasteiger partial charge >= 0.3 is 18.0 Å². The average molecular weight is 274 g/mol. The van der Waals surface area contributed by atoms with E-state index < -0.39 is 30.4 Å². The van der Waals surface area contributed by atoms with Crippen molar-refractivity contribution in [3.05, 3.63) is 0 Å². The molecule has 0 aromatic rings. The second kappa shape index (κ2) is 7.57. The smallest absolute Gasteiger partial charge is 0.326 e. The van der Waals surface area contributed by atoms with Crippen LogP contribution in [0.4, 0.5) is 4.79 Å². The van der Waals surface area contributed by atoms with Crippen LogP contribution in [0.3, 0.4) is 0 Å². The van der Waals surface area contributed by atoms with Gasteiger partial charge in [0.1, 0.15) is 6.04 Å². The van der Waals surface area contributed by atoms with Gasteiger partial charge in [-0.3, -0.25) is 4.79 Å². The number of urea groups is 1. The van der Waals surface area contributed by atoms with Gasteiger partial charge in [-0.15, -0.1) is 0 Å². The molecule has 1 aliphatic rings. The standard InChI is InChI=1S/C11H18N2O6/c14-9(15)5-8(10(16)17)13-11(18)12-3-1-7-2-4-19-6-7/h7-8H,1-6H2,(H,14,15)(H,16,17)(H2,12,13,18)/t7?,8-/m0/s1. The van der Waals surface area contributed by atoms with Gasteiger partial charge in [-0.05, 0) is 18.8 Å². The van der Waals surface area contributed by atoms with Gasteiger partial charge in [0, 0.05) is 19.8 Å². The van der Waals surface area contributed by atoms with E-state index in [1.807, 2.05) is 0 Å². The highest BCUT2D eigenvalue weighted by Gasteiger charge is 2.23. The molecule has 1 saturated heterocycles. The van der Waals surface area contributed by atoms with Crippen LogP contribution in [0.1, 0.15) is 19.3 Å². The molecule has 0 aromatic carbocycles. The Morgan fingerprint density at radius 1 is 1.32 bits per heavy atom. The van der Waals surface area contributed by atoms with E-state index in [2.05, 4.69) is 10.6 Å². The number of ether oxygens (including phenoxy) is 1. The number of nitrogens with one attached hydrogen (secondary N) is 2. The zero-order valence-electron chi connectivity index (χ0n) is 10.4. The lowest BCUT2D eigenvalue weighted by Gasteiger charge is -2.14. The third kappa shape index (κ3) is 6.05. The minimum absolute atomic E-state index is 0.402. The number of carbonyl (C=O) groups is 3. The van der Waals surface area contributed by atoms with Gasteiger partial charge in [0.2, 0.25) is 0 Å². The van der Waals surface area contributed by atoms with Gasteiger partial charge in [-0.25, -0.2) is 9.59 Å². The van der Waals surface area contributed by atoms with E-state index in [1.165, 1.54) is 0 Å². The molecule has 0 saturated carbocycles. The van der Waals surface area contributed by atoms with Crippen molar-refractivity contribution in [2.24, 2.45) is 5.92 Å². The van der Waals surface area contributed by atoms with Gasteiger partial charge < -0.3 is 25.6 Å². The molecule has 0 radical (unpaired) electrons. The summed E-state index contributed by atoms with van der Waals surface area (Å²) in [6, 6.07) is -2.10. The molecule has 0 bridgehead atoms. The predicted molar refractivity (Wildman–Crippen MR) is 63.8 cm³/mol. The summed E-state index contributed by atoms with van der Waals surface area (Å²) in [5.41, 5.74) is 0. The van der Waals surface area contributed by atoms with E-state index in [9.17, 15) is 14.4 Å². The Morgan fingerprint density at radius 3 is 2.58 bits per heavy atom. The van der Waals surface area contributed by atoms with Crippen LogP contribution in [0.15, 0.2) is 0 Å². The first-order valence-electron chi connectivity index (χ1n) is 6.05. The molecule has 0 aliphatic carbocycles. The first-order chi connectivity index (χ1) is 8.99. The lowest BCUT2D eigenvalue weighted by atomic mass is 10.1. The predicted octanol–water partition coefficient (Wildman–Crippen LogP) is -0.360. The molecule has 1 fully saturated rings. The number of hydrogen-bond donors (Lipinski definition) is 4. The second-order valence-corrected chi connectivity index (χ2v) is 4.41. The monoisotopic (exact) mass is 274 g/mol. The number of carboxylic acid groups (broad SMARTS) is 2. The molecular formula is C11H18N2O6. The molecule has 108 valence electrons. The highest BCUT2D eigenvalue weighted by atomic mass is 16.5. The van der Waals surface area contributed by atoms with E-state index >= 15 is 0 Å². The Kier molecular flexibility index (Phi) is 6.07. The number of rotatable bonds is 7. The van der Waals surface area contributed by atoms with Gasteiger partial charge in [-0.2, -0.15) is 0 Å². The Balaban J connectivity index is 2.23. The number of amides is 2. The van der Waals surface area contributed by atoms with Crippen LogP contribution in [0.2, 0.25) is 0 Å². The summed E-state index contributed by atoms with van der Waals surface area (Å²) < 4.78 is 5.18. The van der Waals surface area contributed by atoms with Crippen LogP contribution in [-0.2, 0) is 14.3 Å². The van der Waals surface area contributed by atoms with E-state index in [1.54, 1.807) is 0 Å². The van der Waals surface area contributed by atoms with Crippen LogP contribution < -0.4 is 10.6 Å². The Labute approximate surface area is 110 Å². The third-order valence-corrected chi connectivity index (χ3v) is 2.84. The van der Waals surface area contributed by atoms with Crippen LogP contribution in [0, 0.1) is 5.92 Å². The summed E-state index contributed by atoms with van der Waals surface area (Å²) in [6.07, 6.45) is 1.06. The van der Waals surface area contributed by atoms with Crippen LogP contribution in [-0.4, -0.2) is 54.0 Å². The molecule has 0 spiro atoms. The lowest BCUT2D eigenvalue weighted by Crippen LogP contribution is -2.47. The van der Waals surface area contributed by atoms with Crippen LogP contribution in [0.25, 0.3) is 0 Å². The van der Waals surface area contributed by atoms with Crippen LogP contribution in [0.5, 0.6) is 0 Å². The lowest BCUT2D eigenvalue weighted by molar-refractivity contribution is -0.145. The summed E-state index contributed by atoms with van der Waals surface area (Å²) in [4.78, 5) is 32.6. The summed E-state index contributed by atoms with van der Waals surface area (Å²) in [6.45, 7) is 1.82. The highest BCUT2D eigenvalue weighted by molar-refractivity contribution is 5.86. The normalized spacial score (nSPS) is 19.7. The fraction of sp³-hybridized carbons (Fsp3) is 0.727. The zero-order chi connectivity index (χ0) is 14.3. The van der Waals surface area contributed by atoms with Gasteiger partial charge in [0.05, 0.1) is 6.42 Å². The topological polar surface area (TPSA) is 125 Å². The minimum Gasteiger partial charge on any atom is -0.481 e. The summed E-state index contributed by atoms with van der Waals surface area (Å²) in [7, 11) is 0. The maximum absolute atomic E-state index is 11.4. The summed E-state index contributed by atoms with van der Waals surface area (Å²) in [5.74, 6) is -2.24. The van der Waals surface area contributed by atoms with E-state index in [-0.39, 0.29) is 0 Å². The van der Waals surface area contributed by atoms with Crippen molar-refractivity contribution in [3.8, 4) is 0 Å². The van der Waals surface area contributed by atoms with Crippen molar-refractivity contribution in [2.75, 3.05) is 19.8 Å². The molecule has 1 rings (SSSR count). The molecule has 19 heavy (non-hydrogen) atoms. The summed E-state index contributed by atoms with van der Waals surface area (Å²) >= 11 is 0. The van der Waals surface area contributed by atoms with Gasteiger partial charge in [-0.1, -0.05) is 0 Å². The second-order valence-electron chi connectivity index (χ2n) is 4.41. The largest absolute Gasteiger partial charge is 0.481 e. The molecule has 4 N–H and O–H groups in total. The number of carboxylic acids is 2. The molecule has 0 aromatic heterocycles. The molecule has 8 heteroatoms. The van der Waals surface area contributed by atoms with E-state index in [0.29, 0.717) is 19.1 Å². The first-order valence-corrected chi connectivity index (χ1v) is 6.05. The Morgan fingerprint density at radius 2 is 2.05 bits per heavy atom. The Bertz CT molecular complexity index is 340. The van der Waals surface area contributed by atoms with Crippen molar-refractivity contribution in [1.29, 1.82) is 0 Å². The number of aliphatic carboxylic acids is 2. The zero-order valence-corrected chi connectivity index (χ0v) is 10.4. The van der Waals surface area contributed by atoms with Crippen molar-refractivity contribution in [2.45, 2.75) is 25.3 Å². The fourth-order valence-corrected chi connectivity index (χ4v) is 1.78. The number of carbonyl (C=O) groups excluding carboxylic acids is 1. The quantitative estimate of drug-likeness (QED) is 0.502. The maximum Gasteiger partial charge on any atom is 0.326 e. The summed E-state index contributed by atoms with van der Waals surface area (Å²) in [5, 5.41) is 21.9. The van der Waals surface area contributed by atoms with E-state index in [0.717, 1.165) is 19.4 Å². The van der Waals surface area contributed by atoms with Crippen molar-refractivity contribution >= 4 is 18.0 Å². The maximum atomic E-state index is 11.4. The van der Waals surface area contributed by atoms with Crippen molar-refractivity contribution < 1.29 is 29.3 Å². The van der Waals surface area contributed by atoms with Crippen molar-refractivity contribution in [1.82, 2.24) is 10.6 Å². The average Bonchev–Trinajstić information content (AvgIpc) is 2.80. The molecular weight excluding hydrogens is 256 g/mol. The van der Waals surface area contributed by atoms with Crippen LogP contribution >= 0.6 is 0 Å². The first kappa shape index (κ1) is 15.2. The van der Waals surface area contributed by atoms with Gasteiger partial charge in [0.15, 0.2) is 0 Å². The molecule has 1 heterocycles. The molecule has 2 atom stereocenters. The minimum atomic E-state index is -1.42. The molecule has 1 unspecified atom stereocenters. The SMILES string of the molecule is O=C(O)C[C@H](NC(=O)NCCC1CCOC1)C(=O)O. The van der Waals surface area contributed by atoms with E-state index in [4.69, 9.17) is 14.9 Å². The fourth-order valence-electron chi connectivity index (χ4n) is 1.78. The molecule has 8 nitrogen and oxygen atoms in total. The Hall–Kier alpha value is -1.83. The molecule has 1 aliphatic heterocycles. The van der Waals surface area contributed by atoms with Gasteiger partial charge in [0.25, 0.3) is 0 Å². The third-order valence-electron chi connectivity index (χ3n) is 2.84. The van der Waals surface area contributed by atoms with Crippen molar-refractivity contribution in [3.63, 3.8) is 0 Å². The number of hydrogen-bond acceptors (Lipinski definition) is 4. The molecule has 2 amide bonds. The highest BCUT2D eigenvalue weighted by Crippen LogP contribution is 2.14.